The number of amides is 1. The van der Waals surface area contributed by atoms with Crippen LogP contribution in [0, 0.1) is 12.7 Å². The van der Waals surface area contributed by atoms with Crippen LogP contribution in [-0.4, -0.2) is 27.0 Å². The lowest BCUT2D eigenvalue weighted by molar-refractivity contribution is -0.118. The van der Waals surface area contributed by atoms with Crippen LogP contribution in [0.4, 0.5) is 10.1 Å². The Kier molecular flexibility index (Phi) is 4.68. The topological polar surface area (TPSA) is 69.0 Å². The molecule has 0 radical (unpaired) electrons. The average Bonchev–Trinajstić information content (AvgIpc) is 3.46. The molecule has 9 heteroatoms. The van der Waals surface area contributed by atoms with Crippen LogP contribution in [0.1, 0.15) is 5.01 Å². The molecule has 0 unspecified atom stereocenters. The molecule has 5 aromatic rings. The molecule has 0 saturated carbocycles. The van der Waals surface area contributed by atoms with E-state index in [1.165, 1.54) is 12.4 Å². The lowest BCUT2D eigenvalue weighted by atomic mass is 10.2. The summed E-state index contributed by atoms with van der Waals surface area (Å²) in [5, 5.41) is 6.57. The van der Waals surface area contributed by atoms with Gasteiger partial charge in [-0.1, -0.05) is 0 Å². The molecule has 6 nitrogen and oxygen atoms in total. The molecule has 0 bridgehead atoms. The van der Waals surface area contributed by atoms with Crippen molar-refractivity contribution in [3.63, 3.8) is 0 Å². The largest absolute Gasteiger partial charge is 0.483 e. The van der Waals surface area contributed by atoms with Gasteiger partial charge in [0, 0.05) is 29.5 Å². The minimum Gasteiger partial charge on any atom is -0.483 e. The number of carbonyl (C=O) groups is 1. The van der Waals surface area contributed by atoms with E-state index in [9.17, 15) is 9.18 Å². The monoisotopic (exact) mass is 438 g/mol. The van der Waals surface area contributed by atoms with Gasteiger partial charge in [-0.3, -0.25) is 4.79 Å². The third-order valence-corrected chi connectivity index (χ3v) is 6.38. The summed E-state index contributed by atoms with van der Waals surface area (Å²) in [5.74, 6) is -0.189. The first-order chi connectivity index (χ1) is 14.6. The smallest absolute Gasteiger partial charge is 0.262 e. The summed E-state index contributed by atoms with van der Waals surface area (Å²) in [4.78, 5) is 20.9. The molecule has 1 amide bonds. The Morgan fingerprint density at radius 2 is 2.20 bits per heavy atom. The molecule has 0 spiro atoms. The number of carbonyl (C=O) groups excluding carboxylic acids is 1. The number of anilines is 1. The van der Waals surface area contributed by atoms with Crippen molar-refractivity contribution in [2.24, 2.45) is 0 Å². The van der Waals surface area contributed by atoms with Gasteiger partial charge in [-0.25, -0.2) is 14.4 Å². The number of fused-ring (bicyclic) bond motifs is 3. The van der Waals surface area contributed by atoms with Gasteiger partial charge >= 0.3 is 0 Å². The van der Waals surface area contributed by atoms with Gasteiger partial charge in [-0.15, -0.1) is 22.7 Å². The van der Waals surface area contributed by atoms with E-state index in [2.05, 4.69) is 15.3 Å². The molecule has 3 aromatic heterocycles. The van der Waals surface area contributed by atoms with E-state index >= 15 is 0 Å². The van der Waals surface area contributed by atoms with Crippen molar-refractivity contribution in [1.29, 1.82) is 0 Å². The lowest BCUT2D eigenvalue weighted by Crippen LogP contribution is -2.20. The van der Waals surface area contributed by atoms with Crippen LogP contribution in [0.3, 0.4) is 0 Å². The zero-order valence-electron chi connectivity index (χ0n) is 15.8. The zero-order valence-corrected chi connectivity index (χ0v) is 17.4. The highest BCUT2D eigenvalue weighted by Gasteiger charge is 2.14. The summed E-state index contributed by atoms with van der Waals surface area (Å²) in [6.07, 6.45) is 4.73. The number of benzene rings is 2. The number of thiophene rings is 1. The molecular formula is C21H15FN4O2S2. The number of aryl methyl sites for hydroxylation is 1. The Morgan fingerprint density at radius 3 is 3.00 bits per heavy atom. The molecule has 0 aliphatic carbocycles. The van der Waals surface area contributed by atoms with E-state index in [1.54, 1.807) is 51.8 Å². The van der Waals surface area contributed by atoms with Gasteiger partial charge in [-0.05, 0) is 36.6 Å². The number of hydrogen-bond donors (Lipinski definition) is 1. The van der Waals surface area contributed by atoms with Crippen molar-refractivity contribution in [3.05, 3.63) is 65.3 Å². The number of imidazole rings is 1. The Hall–Kier alpha value is -3.30. The summed E-state index contributed by atoms with van der Waals surface area (Å²) in [5.41, 5.74) is 1.68. The SMILES string of the molecule is Cc1nc2c(cc(OCC(=O)Nc3ccc(-n4ccnc4)c(F)c3)c3ccsc32)s1. The molecule has 1 N–H and O–H groups in total. The van der Waals surface area contributed by atoms with Gasteiger partial charge in [0.15, 0.2) is 6.61 Å². The van der Waals surface area contributed by atoms with Gasteiger partial charge < -0.3 is 14.6 Å². The first-order valence-corrected chi connectivity index (χ1v) is 10.8. The normalized spacial score (nSPS) is 11.3. The van der Waals surface area contributed by atoms with Gasteiger partial charge in [0.1, 0.15) is 11.6 Å². The van der Waals surface area contributed by atoms with Crippen LogP contribution in [0.5, 0.6) is 5.75 Å². The Balaban J connectivity index is 1.32. The highest BCUT2D eigenvalue weighted by molar-refractivity contribution is 7.21. The third kappa shape index (κ3) is 3.42. The molecule has 150 valence electrons. The van der Waals surface area contributed by atoms with E-state index in [-0.39, 0.29) is 12.5 Å². The quantitative estimate of drug-likeness (QED) is 0.411. The Morgan fingerprint density at radius 1 is 1.30 bits per heavy atom. The molecule has 0 aliphatic heterocycles. The van der Waals surface area contributed by atoms with E-state index in [0.29, 0.717) is 17.1 Å². The standard InChI is InChI=1S/C21H15FN4O2S2/c1-12-24-20-18(30-12)9-17(14-4-7-29-21(14)20)28-10-19(27)25-13-2-3-16(15(22)8-13)26-6-5-23-11-26/h2-9,11H,10H2,1H3,(H,25,27). The summed E-state index contributed by atoms with van der Waals surface area (Å²) < 4.78 is 23.8. The summed E-state index contributed by atoms with van der Waals surface area (Å²) in [7, 11) is 0. The minimum absolute atomic E-state index is 0.181. The predicted octanol–water partition coefficient (Wildman–Crippen LogP) is 5.16. The van der Waals surface area contributed by atoms with Gasteiger partial charge in [0.2, 0.25) is 0 Å². The second-order valence-corrected chi connectivity index (χ2v) is 8.74. The molecule has 3 heterocycles. The molecule has 5 rings (SSSR count). The van der Waals surface area contributed by atoms with Gasteiger partial charge in [0.25, 0.3) is 5.91 Å². The minimum atomic E-state index is -0.460. The maximum atomic E-state index is 14.4. The predicted molar refractivity (Wildman–Crippen MR) is 117 cm³/mol. The lowest BCUT2D eigenvalue weighted by Gasteiger charge is -2.10. The Labute approximate surface area is 178 Å². The van der Waals surface area contributed by atoms with Crippen molar-refractivity contribution in [2.45, 2.75) is 6.92 Å². The Bertz CT molecular complexity index is 1370. The first kappa shape index (κ1) is 18.7. The highest BCUT2D eigenvalue weighted by atomic mass is 32.1. The molecule has 0 atom stereocenters. The molecule has 0 aliphatic rings. The number of rotatable bonds is 5. The summed E-state index contributed by atoms with van der Waals surface area (Å²) in [6.45, 7) is 1.79. The fourth-order valence-corrected chi connectivity index (χ4v) is 5.08. The molecule has 30 heavy (non-hydrogen) atoms. The first-order valence-electron chi connectivity index (χ1n) is 9.06. The van der Waals surface area contributed by atoms with Crippen molar-refractivity contribution in [1.82, 2.24) is 14.5 Å². The highest BCUT2D eigenvalue weighted by Crippen LogP contribution is 2.38. The number of nitrogens with zero attached hydrogens (tertiary/aromatic N) is 3. The van der Waals surface area contributed by atoms with Crippen LogP contribution in [0.25, 0.3) is 26.0 Å². The van der Waals surface area contributed by atoms with Crippen LogP contribution in [-0.2, 0) is 4.79 Å². The number of hydrogen-bond acceptors (Lipinski definition) is 6. The van der Waals surface area contributed by atoms with Crippen molar-refractivity contribution >= 4 is 54.6 Å². The van der Waals surface area contributed by atoms with Crippen LogP contribution < -0.4 is 10.1 Å². The maximum absolute atomic E-state index is 14.4. The summed E-state index contributed by atoms with van der Waals surface area (Å²) in [6, 6.07) is 8.38. The van der Waals surface area contributed by atoms with E-state index in [4.69, 9.17) is 4.74 Å². The van der Waals surface area contributed by atoms with E-state index in [1.807, 2.05) is 24.4 Å². The van der Waals surface area contributed by atoms with Crippen LogP contribution >= 0.6 is 22.7 Å². The van der Waals surface area contributed by atoms with Crippen molar-refractivity contribution in [2.75, 3.05) is 11.9 Å². The zero-order chi connectivity index (χ0) is 20.7. The third-order valence-electron chi connectivity index (χ3n) is 4.54. The van der Waals surface area contributed by atoms with Gasteiger partial charge in [-0.2, -0.15) is 0 Å². The molecule has 2 aromatic carbocycles. The van der Waals surface area contributed by atoms with E-state index < -0.39 is 5.82 Å². The molecular weight excluding hydrogens is 423 g/mol. The number of aromatic nitrogens is 3. The van der Waals surface area contributed by atoms with Crippen LogP contribution in [0.2, 0.25) is 0 Å². The fraction of sp³-hybridized carbons (Fsp3) is 0.0952. The second-order valence-electron chi connectivity index (χ2n) is 6.59. The molecule has 0 fully saturated rings. The number of ether oxygens (including phenoxy) is 1. The molecule has 0 saturated heterocycles. The van der Waals surface area contributed by atoms with E-state index in [0.717, 1.165) is 25.3 Å². The fourth-order valence-electron chi connectivity index (χ4n) is 3.24. The van der Waals surface area contributed by atoms with Crippen molar-refractivity contribution < 1.29 is 13.9 Å². The number of nitrogens with one attached hydrogen (secondary N) is 1. The number of halogens is 1. The van der Waals surface area contributed by atoms with Gasteiger partial charge in [0.05, 0.1) is 31.9 Å². The van der Waals surface area contributed by atoms with Crippen LogP contribution in [0.15, 0.2) is 54.4 Å². The second kappa shape index (κ2) is 7.51. The van der Waals surface area contributed by atoms with Crippen molar-refractivity contribution in [3.8, 4) is 11.4 Å². The summed E-state index contributed by atoms with van der Waals surface area (Å²) >= 11 is 3.19. The maximum Gasteiger partial charge on any atom is 0.262 e. The average molecular weight is 439 g/mol. The number of thiazole rings is 1.